The van der Waals surface area contributed by atoms with Crippen LogP contribution in [-0.2, 0) is 9.59 Å². The fourth-order valence-electron chi connectivity index (χ4n) is 3.19. The van der Waals surface area contributed by atoms with E-state index in [0.29, 0.717) is 11.6 Å². The predicted octanol–water partition coefficient (Wildman–Crippen LogP) is 3.88. The highest BCUT2D eigenvalue weighted by molar-refractivity contribution is 6.30. The molecule has 2 atom stereocenters. The summed E-state index contributed by atoms with van der Waals surface area (Å²) in [6, 6.07) is 15.1. The number of benzene rings is 2. The van der Waals surface area contributed by atoms with Gasteiger partial charge in [0.1, 0.15) is 0 Å². The third-order valence-corrected chi connectivity index (χ3v) is 4.84. The van der Waals surface area contributed by atoms with Crippen LogP contribution in [0.15, 0.2) is 48.5 Å². The van der Waals surface area contributed by atoms with E-state index < -0.39 is 0 Å². The average Bonchev–Trinajstić information content (AvgIpc) is 2.97. The van der Waals surface area contributed by atoms with Gasteiger partial charge in [0.15, 0.2) is 0 Å². The second-order valence-electron chi connectivity index (χ2n) is 6.48. The molecule has 130 valence electrons. The monoisotopic (exact) mass is 356 g/mol. The van der Waals surface area contributed by atoms with Gasteiger partial charge in [0.05, 0.1) is 12.0 Å². The Morgan fingerprint density at radius 2 is 1.96 bits per heavy atom. The van der Waals surface area contributed by atoms with Gasteiger partial charge in [-0.15, -0.1) is 0 Å². The Labute approximate surface area is 152 Å². The summed E-state index contributed by atoms with van der Waals surface area (Å²) in [5, 5.41) is 3.65. The first kappa shape index (κ1) is 17.5. The molecule has 0 radical (unpaired) electrons. The summed E-state index contributed by atoms with van der Waals surface area (Å²) >= 11 is 5.99. The number of aryl methyl sites for hydroxylation is 1. The highest BCUT2D eigenvalue weighted by atomic mass is 35.5. The summed E-state index contributed by atoms with van der Waals surface area (Å²) in [5.74, 6) is -0.453. The summed E-state index contributed by atoms with van der Waals surface area (Å²) in [4.78, 5) is 26.7. The number of amides is 2. The molecule has 0 aromatic heterocycles. The maximum absolute atomic E-state index is 12.6. The lowest BCUT2D eigenvalue weighted by Gasteiger charge is -2.20. The van der Waals surface area contributed by atoms with E-state index in [-0.39, 0.29) is 30.2 Å². The van der Waals surface area contributed by atoms with Crippen molar-refractivity contribution in [3.63, 3.8) is 0 Å². The van der Waals surface area contributed by atoms with Gasteiger partial charge in [-0.2, -0.15) is 0 Å². The average molecular weight is 357 g/mol. The highest BCUT2D eigenvalue weighted by Crippen LogP contribution is 2.30. The van der Waals surface area contributed by atoms with Gasteiger partial charge in [-0.05, 0) is 43.2 Å². The zero-order chi connectivity index (χ0) is 18.0. The molecular weight excluding hydrogens is 336 g/mol. The molecule has 1 fully saturated rings. The summed E-state index contributed by atoms with van der Waals surface area (Å²) in [6.45, 7) is 4.26. The van der Waals surface area contributed by atoms with Crippen LogP contribution in [0.4, 0.5) is 5.69 Å². The third-order valence-electron chi connectivity index (χ3n) is 4.60. The molecule has 0 spiro atoms. The van der Waals surface area contributed by atoms with Crippen LogP contribution in [0.5, 0.6) is 0 Å². The van der Waals surface area contributed by atoms with Gasteiger partial charge >= 0.3 is 0 Å². The first-order chi connectivity index (χ1) is 12.0. The van der Waals surface area contributed by atoms with Gasteiger partial charge in [-0.1, -0.05) is 41.9 Å². The minimum absolute atomic E-state index is 0.0297. The fraction of sp³-hybridized carbons (Fsp3) is 0.300. The van der Waals surface area contributed by atoms with E-state index in [1.54, 1.807) is 11.0 Å². The molecule has 1 saturated heterocycles. The van der Waals surface area contributed by atoms with Crippen molar-refractivity contribution in [2.24, 2.45) is 5.92 Å². The van der Waals surface area contributed by atoms with Crippen LogP contribution < -0.4 is 10.2 Å². The number of anilines is 1. The van der Waals surface area contributed by atoms with Crippen LogP contribution in [-0.4, -0.2) is 18.4 Å². The van der Waals surface area contributed by atoms with Crippen LogP contribution in [0.3, 0.4) is 0 Å². The van der Waals surface area contributed by atoms with Crippen LogP contribution in [0.1, 0.15) is 30.5 Å². The van der Waals surface area contributed by atoms with Gasteiger partial charge in [-0.25, -0.2) is 0 Å². The fourth-order valence-corrected chi connectivity index (χ4v) is 3.42. The zero-order valence-electron chi connectivity index (χ0n) is 14.3. The Morgan fingerprint density at radius 3 is 2.64 bits per heavy atom. The van der Waals surface area contributed by atoms with E-state index in [1.807, 2.05) is 56.3 Å². The van der Waals surface area contributed by atoms with Gasteiger partial charge in [0.2, 0.25) is 11.8 Å². The Kier molecular flexibility index (Phi) is 5.09. The van der Waals surface area contributed by atoms with E-state index in [9.17, 15) is 9.59 Å². The number of nitrogens with one attached hydrogen (secondary N) is 1. The van der Waals surface area contributed by atoms with Crippen LogP contribution in [0, 0.1) is 12.8 Å². The maximum Gasteiger partial charge on any atom is 0.227 e. The molecule has 2 aromatic rings. The summed E-state index contributed by atoms with van der Waals surface area (Å²) in [5.41, 5.74) is 2.80. The second kappa shape index (κ2) is 7.28. The largest absolute Gasteiger partial charge is 0.349 e. The number of carbonyl (C=O) groups is 2. The minimum atomic E-state index is -0.339. The molecule has 2 amide bonds. The number of hydrogen-bond acceptors (Lipinski definition) is 2. The summed E-state index contributed by atoms with van der Waals surface area (Å²) in [6.07, 6.45) is 0.232. The van der Waals surface area contributed by atoms with Crippen molar-refractivity contribution in [3.05, 3.63) is 64.7 Å². The molecule has 2 aromatic carbocycles. The Balaban J connectivity index is 1.68. The molecule has 1 aliphatic rings. The lowest BCUT2D eigenvalue weighted by molar-refractivity contribution is -0.126. The van der Waals surface area contributed by atoms with Crippen LogP contribution in [0.25, 0.3) is 0 Å². The zero-order valence-corrected chi connectivity index (χ0v) is 15.1. The second-order valence-corrected chi connectivity index (χ2v) is 6.91. The molecule has 0 bridgehead atoms. The molecule has 1 N–H and O–H groups in total. The lowest BCUT2D eigenvalue weighted by Crippen LogP contribution is -2.34. The van der Waals surface area contributed by atoms with Gasteiger partial charge in [0.25, 0.3) is 0 Å². The number of rotatable bonds is 4. The van der Waals surface area contributed by atoms with Gasteiger partial charge in [-0.3, -0.25) is 9.59 Å². The van der Waals surface area contributed by atoms with E-state index in [2.05, 4.69) is 5.32 Å². The number of carbonyl (C=O) groups excluding carboxylic acids is 2. The maximum atomic E-state index is 12.6. The first-order valence-electron chi connectivity index (χ1n) is 8.37. The van der Waals surface area contributed by atoms with E-state index in [4.69, 9.17) is 11.6 Å². The van der Waals surface area contributed by atoms with Crippen LogP contribution in [0.2, 0.25) is 5.02 Å². The first-order valence-corrected chi connectivity index (χ1v) is 8.75. The summed E-state index contributed by atoms with van der Waals surface area (Å²) < 4.78 is 0. The molecule has 0 aliphatic carbocycles. The van der Waals surface area contributed by atoms with Gasteiger partial charge in [0, 0.05) is 23.7 Å². The van der Waals surface area contributed by atoms with Crippen molar-refractivity contribution in [1.29, 1.82) is 0 Å². The van der Waals surface area contributed by atoms with Crippen molar-refractivity contribution in [1.82, 2.24) is 5.32 Å². The third kappa shape index (κ3) is 3.85. The summed E-state index contributed by atoms with van der Waals surface area (Å²) in [7, 11) is 0. The van der Waals surface area contributed by atoms with E-state index >= 15 is 0 Å². The Morgan fingerprint density at radius 1 is 1.24 bits per heavy atom. The number of nitrogens with zero attached hydrogens (tertiary/aromatic N) is 1. The Hall–Kier alpha value is -2.33. The van der Waals surface area contributed by atoms with E-state index in [0.717, 1.165) is 16.8 Å². The molecule has 1 aliphatic heterocycles. The quantitative estimate of drug-likeness (QED) is 0.903. The lowest BCUT2D eigenvalue weighted by atomic mass is 10.1. The molecule has 5 heteroatoms. The molecule has 3 rings (SSSR count). The minimum Gasteiger partial charge on any atom is -0.349 e. The topological polar surface area (TPSA) is 49.4 Å². The molecular formula is C20H21ClN2O2. The standard InChI is InChI=1S/C20H21ClN2O2/c1-13-10-17(21)8-9-18(13)23-12-16(11-19(23)24)20(25)22-14(2)15-6-4-3-5-7-15/h3-10,14,16H,11-12H2,1-2H3,(H,22,25). The molecule has 4 nitrogen and oxygen atoms in total. The van der Waals surface area contributed by atoms with Crippen LogP contribution >= 0.6 is 11.6 Å². The van der Waals surface area contributed by atoms with Crippen molar-refractivity contribution in [3.8, 4) is 0 Å². The smallest absolute Gasteiger partial charge is 0.227 e. The molecule has 0 saturated carbocycles. The van der Waals surface area contributed by atoms with Crippen molar-refractivity contribution < 1.29 is 9.59 Å². The molecule has 1 heterocycles. The molecule has 2 unspecified atom stereocenters. The van der Waals surface area contributed by atoms with Crippen molar-refractivity contribution >= 4 is 29.1 Å². The van der Waals surface area contributed by atoms with Gasteiger partial charge < -0.3 is 10.2 Å². The van der Waals surface area contributed by atoms with Crippen molar-refractivity contribution in [2.75, 3.05) is 11.4 Å². The highest BCUT2D eigenvalue weighted by Gasteiger charge is 2.36. The number of hydrogen-bond donors (Lipinski definition) is 1. The Bertz CT molecular complexity index is 792. The van der Waals surface area contributed by atoms with Crippen molar-refractivity contribution in [2.45, 2.75) is 26.3 Å². The predicted molar refractivity (Wildman–Crippen MR) is 99.6 cm³/mol. The molecule has 25 heavy (non-hydrogen) atoms. The van der Waals surface area contributed by atoms with E-state index in [1.165, 1.54) is 0 Å². The normalized spacial score (nSPS) is 18.3. The SMILES string of the molecule is Cc1cc(Cl)ccc1N1CC(C(=O)NC(C)c2ccccc2)CC1=O. The number of halogens is 1.